The summed E-state index contributed by atoms with van der Waals surface area (Å²) in [4.78, 5) is 7.18. The van der Waals surface area contributed by atoms with Crippen molar-refractivity contribution in [2.75, 3.05) is 44.3 Å². The third kappa shape index (κ3) is 5.33. The number of hydrogen-bond donors (Lipinski definition) is 1. The summed E-state index contributed by atoms with van der Waals surface area (Å²) in [5, 5.41) is 3.51. The molecule has 3 aliphatic rings. The molecule has 0 aromatic carbocycles. The van der Waals surface area contributed by atoms with E-state index in [1.54, 1.807) is 0 Å². The fraction of sp³-hybridized carbons (Fsp3) is 0.944. The Kier molecular flexibility index (Phi) is 6.25. The van der Waals surface area contributed by atoms with E-state index in [4.69, 9.17) is 9.73 Å². The Bertz CT molecular complexity index is 572. The van der Waals surface area contributed by atoms with Crippen LogP contribution in [0.3, 0.4) is 0 Å². The molecule has 4 unspecified atom stereocenters. The molecule has 0 amide bonds. The first kappa shape index (κ1) is 19.0. The summed E-state index contributed by atoms with van der Waals surface area (Å²) in [6.45, 7) is 8.92. The minimum atomic E-state index is -2.83. The van der Waals surface area contributed by atoms with Crippen LogP contribution in [0.25, 0.3) is 0 Å². The number of nitrogens with one attached hydrogen (secondary N) is 1. The largest absolute Gasteiger partial charge is 0.376 e. The summed E-state index contributed by atoms with van der Waals surface area (Å²) >= 11 is 0. The van der Waals surface area contributed by atoms with Crippen LogP contribution < -0.4 is 5.32 Å². The topological polar surface area (TPSA) is 71.0 Å². The fourth-order valence-electron chi connectivity index (χ4n) is 3.96. The van der Waals surface area contributed by atoms with E-state index in [-0.39, 0.29) is 12.0 Å². The highest BCUT2D eigenvalue weighted by Crippen LogP contribution is 2.23. The lowest BCUT2D eigenvalue weighted by Crippen LogP contribution is -2.49. The van der Waals surface area contributed by atoms with Crippen LogP contribution in [-0.4, -0.2) is 69.7 Å². The van der Waals surface area contributed by atoms with Gasteiger partial charge in [0.05, 0.1) is 17.6 Å². The number of aliphatic imine (C=N–C) groups is 1. The molecule has 0 radical (unpaired) electrons. The van der Waals surface area contributed by atoms with Gasteiger partial charge in [-0.05, 0) is 43.4 Å². The Hall–Kier alpha value is -0.820. The summed E-state index contributed by atoms with van der Waals surface area (Å²) in [6.07, 6.45) is 4.45. The van der Waals surface area contributed by atoms with Gasteiger partial charge in [0.2, 0.25) is 0 Å². The van der Waals surface area contributed by atoms with Gasteiger partial charge >= 0.3 is 0 Å². The third-order valence-electron chi connectivity index (χ3n) is 5.97. The lowest BCUT2D eigenvalue weighted by Gasteiger charge is -2.37. The molecule has 4 atom stereocenters. The van der Waals surface area contributed by atoms with Gasteiger partial charge in [0.25, 0.3) is 0 Å². The predicted molar refractivity (Wildman–Crippen MR) is 101 cm³/mol. The van der Waals surface area contributed by atoms with Crippen LogP contribution in [0.15, 0.2) is 4.99 Å². The molecule has 3 aliphatic heterocycles. The molecule has 0 saturated carbocycles. The van der Waals surface area contributed by atoms with E-state index in [9.17, 15) is 8.42 Å². The minimum Gasteiger partial charge on any atom is -0.376 e. The molecule has 3 rings (SSSR count). The molecule has 3 heterocycles. The molecule has 0 spiro atoms. The van der Waals surface area contributed by atoms with Gasteiger partial charge in [-0.2, -0.15) is 0 Å². The summed E-state index contributed by atoms with van der Waals surface area (Å²) in [5.74, 6) is 3.13. The average Bonchev–Trinajstić information content (AvgIpc) is 3.20. The zero-order chi connectivity index (χ0) is 17.9. The molecule has 1 N–H and O–H groups in total. The van der Waals surface area contributed by atoms with Crippen molar-refractivity contribution in [3.05, 3.63) is 0 Å². The van der Waals surface area contributed by atoms with E-state index < -0.39 is 9.84 Å². The normalized spacial score (nSPS) is 35.9. The third-order valence-corrected chi connectivity index (χ3v) is 7.81. The summed E-state index contributed by atoms with van der Waals surface area (Å²) in [5.41, 5.74) is 0. The zero-order valence-electron chi connectivity index (χ0n) is 15.6. The first-order valence-electron chi connectivity index (χ1n) is 9.78. The van der Waals surface area contributed by atoms with Crippen molar-refractivity contribution in [1.29, 1.82) is 0 Å². The van der Waals surface area contributed by atoms with Gasteiger partial charge in [-0.15, -0.1) is 0 Å². The van der Waals surface area contributed by atoms with E-state index in [0.717, 1.165) is 57.4 Å². The van der Waals surface area contributed by atoms with Gasteiger partial charge in [-0.3, -0.25) is 4.99 Å². The van der Waals surface area contributed by atoms with Crippen LogP contribution in [0.4, 0.5) is 0 Å². The maximum absolute atomic E-state index is 11.7. The predicted octanol–water partition coefficient (Wildman–Crippen LogP) is 1.52. The van der Waals surface area contributed by atoms with Crippen molar-refractivity contribution in [3.63, 3.8) is 0 Å². The Labute approximate surface area is 152 Å². The first-order valence-corrected chi connectivity index (χ1v) is 11.6. The Balaban J connectivity index is 1.61. The molecule has 0 bridgehead atoms. The number of guanidine groups is 1. The highest BCUT2D eigenvalue weighted by molar-refractivity contribution is 7.91. The van der Waals surface area contributed by atoms with Gasteiger partial charge in [0.1, 0.15) is 0 Å². The Morgan fingerprint density at radius 2 is 2.08 bits per heavy atom. The van der Waals surface area contributed by atoms with Crippen molar-refractivity contribution in [2.45, 2.75) is 45.6 Å². The van der Waals surface area contributed by atoms with Crippen molar-refractivity contribution in [2.24, 2.45) is 22.7 Å². The SMILES string of the molecule is CC1CCN(C(=NCC2CCS(=O)(=O)C2)NCC2CCCO2)CC1C. The number of hydrogen-bond acceptors (Lipinski definition) is 4. The summed E-state index contributed by atoms with van der Waals surface area (Å²) in [7, 11) is -2.83. The molecule has 6 nitrogen and oxygen atoms in total. The van der Waals surface area contributed by atoms with Crippen LogP contribution in [0.5, 0.6) is 0 Å². The standard InChI is InChI=1S/C18H33N3O3S/c1-14-5-7-21(12-15(14)2)18(20-11-17-4-3-8-24-17)19-10-16-6-9-25(22,23)13-16/h14-17H,3-13H2,1-2H3,(H,19,20). The van der Waals surface area contributed by atoms with Crippen molar-refractivity contribution < 1.29 is 13.2 Å². The van der Waals surface area contributed by atoms with Crippen LogP contribution in [0.2, 0.25) is 0 Å². The van der Waals surface area contributed by atoms with E-state index in [1.165, 1.54) is 6.42 Å². The van der Waals surface area contributed by atoms with Gasteiger partial charge in [-0.25, -0.2) is 8.42 Å². The van der Waals surface area contributed by atoms with Gasteiger partial charge in [0.15, 0.2) is 15.8 Å². The van der Waals surface area contributed by atoms with Gasteiger partial charge in [0, 0.05) is 32.8 Å². The second-order valence-corrected chi connectivity index (χ2v) is 10.4. The molecule has 0 aromatic heterocycles. The lowest BCUT2D eigenvalue weighted by molar-refractivity contribution is 0.112. The maximum atomic E-state index is 11.7. The summed E-state index contributed by atoms with van der Waals surface area (Å²) < 4.78 is 29.1. The second-order valence-electron chi connectivity index (χ2n) is 8.14. The molecule has 3 saturated heterocycles. The molecule has 25 heavy (non-hydrogen) atoms. The van der Waals surface area contributed by atoms with Crippen LogP contribution in [0, 0.1) is 17.8 Å². The van der Waals surface area contributed by atoms with E-state index >= 15 is 0 Å². The average molecular weight is 372 g/mol. The number of nitrogens with zero attached hydrogens (tertiary/aromatic N) is 2. The summed E-state index contributed by atoms with van der Waals surface area (Å²) in [6, 6.07) is 0. The van der Waals surface area contributed by atoms with E-state index in [2.05, 4.69) is 24.1 Å². The van der Waals surface area contributed by atoms with Crippen LogP contribution in [0.1, 0.15) is 39.5 Å². The maximum Gasteiger partial charge on any atom is 0.194 e. The highest BCUT2D eigenvalue weighted by Gasteiger charge is 2.29. The smallest absolute Gasteiger partial charge is 0.194 e. The zero-order valence-corrected chi connectivity index (χ0v) is 16.4. The lowest BCUT2D eigenvalue weighted by atomic mass is 9.89. The number of piperidine rings is 1. The molecular formula is C18H33N3O3S. The van der Waals surface area contributed by atoms with Crippen molar-refractivity contribution in [1.82, 2.24) is 10.2 Å². The minimum absolute atomic E-state index is 0.172. The van der Waals surface area contributed by atoms with Crippen LogP contribution >= 0.6 is 0 Å². The molecule has 0 aliphatic carbocycles. The van der Waals surface area contributed by atoms with Gasteiger partial charge in [-0.1, -0.05) is 13.8 Å². The van der Waals surface area contributed by atoms with Crippen molar-refractivity contribution in [3.8, 4) is 0 Å². The fourth-order valence-corrected chi connectivity index (χ4v) is 5.81. The van der Waals surface area contributed by atoms with E-state index in [0.29, 0.717) is 24.0 Å². The quantitative estimate of drug-likeness (QED) is 0.599. The molecule has 3 fully saturated rings. The molecule has 0 aromatic rings. The first-order chi connectivity index (χ1) is 11.9. The van der Waals surface area contributed by atoms with Gasteiger partial charge < -0.3 is 15.0 Å². The second kappa shape index (κ2) is 8.25. The van der Waals surface area contributed by atoms with Crippen molar-refractivity contribution >= 4 is 15.8 Å². The highest BCUT2D eigenvalue weighted by atomic mass is 32.2. The Morgan fingerprint density at radius 3 is 2.72 bits per heavy atom. The Morgan fingerprint density at radius 1 is 1.24 bits per heavy atom. The van der Waals surface area contributed by atoms with Crippen LogP contribution in [-0.2, 0) is 14.6 Å². The molecule has 144 valence electrons. The molecular weight excluding hydrogens is 338 g/mol. The monoisotopic (exact) mass is 371 g/mol. The number of likely N-dealkylation sites (tertiary alicyclic amines) is 1. The number of ether oxygens (including phenoxy) is 1. The number of rotatable bonds is 4. The van der Waals surface area contributed by atoms with E-state index in [1.807, 2.05) is 0 Å². The molecule has 7 heteroatoms. The number of sulfone groups is 1.